The van der Waals surface area contributed by atoms with Crippen LogP contribution in [0.5, 0.6) is 0 Å². The summed E-state index contributed by atoms with van der Waals surface area (Å²) >= 11 is 1.42. The standard InChI is InChI=1S/C18H22N4O2S/c1-2-15(22-10-12-6-3-4-8-14(12)17(22)24)16(23)20-9-5-7-13-11-25-18(19)21-13/h3-4,6,8,11,15H,2,5,7,9-10H2,1H3,(H2,19,21)(H,20,23). The van der Waals surface area contributed by atoms with Gasteiger partial charge in [-0.1, -0.05) is 25.1 Å². The van der Waals surface area contributed by atoms with E-state index in [1.807, 2.05) is 36.6 Å². The summed E-state index contributed by atoms with van der Waals surface area (Å²) in [5.74, 6) is -0.156. The summed E-state index contributed by atoms with van der Waals surface area (Å²) in [7, 11) is 0. The van der Waals surface area contributed by atoms with E-state index < -0.39 is 6.04 Å². The molecule has 1 aromatic heterocycles. The van der Waals surface area contributed by atoms with E-state index in [4.69, 9.17) is 5.73 Å². The van der Waals surface area contributed by atoms with Gasteiger partial charge < -0.3 is 16.0 Å². The molecule has 2 heterocycles. The van der Waals surface area contributed by atoms with E-state index in [0.717, 1.165) is 24.1 Å². The van der Waals surface area contributed by atoms with Crippen LogP contribution in [0.1, 0.15) is 41.4 Å². The summed E-state index contributed by atoms with van der Waals surface area (Å²) in [6.07, 6.45) is 2.16. The molecule has 0 bridgehead atoms. The topological polar surface area (TPSA) is 88.3 Å². The van der Waals surface area contributed by atoms with Crippen molar-refractivity contribution in [1.29, 1.82) is 0 Å². The minimum atomic E-state index is -0.435. The number of amides is 2. The second-order valence-electron chi connectivity index (χ2n) is 6.09. The Kier molecular flexibility index (Phi) is 5.33. The lowest BCUT2D eigenvalue weighted by molar-refractivity contribution is -0.125. The van der Waals surface area contributed by atoms with E-state index in [-0.39, 0.29) is 11.8 Å². The minimum absolute atomic E-state index is 0.0597. The van der Waals surface area contributed by atoms with Crippen molar-refractivity contribution in [2.24, 2.45) is 0 Å². The molecule has 0 aliphatic carbocycles. The fraction of sp³-hybridized carbons (Fsp3) is 0.389. The van der Waals surface area contributed by atoms with Crippen LogP contribution in [-0.4, -0.2) is 34.3 Å². The largest absolute Gasteiger partial charge is 0.375 e. The number of nitrogen functional groups attached to an aromatic ring is 1. The molecule has 1 aliphatic heterocycles. The molecule has 1 atom stereocenters. The lowest BCUT2D eigenvalue weighted by Crippen LogP contribution is -2.47. The van der Waals surface area contributed by atoms with Crippen molar-refractivity contribution in [2.75, 3.05) is 12.3 Å². The van der Waals surface area contributed by atoms with Gasteiger partial charge in [-0.2, -0.15) is 0 Å². The van der Waals surface area contributed by atoms with Crippen LogP contribution in [0.15, 0.2) is 29.6 Å². The van der Waals surface area contributed by atoms with Gasteiger partial charge in [0.2, 0.25) is 5.91 Å². The number of nitrogens with one attached hydrogen (secondary N) is 1. The summed E-state index contributed by atoms with van der Waals surface area (Å²) in [6.45, 7) is 2.99. The van der Waals surface area contributed by atoms with Gasteiger partial charge in [-0.15, -0.1) is 11.3 Å². The third kappa shape index (κ3) is 3.82. The van der Waals surface area contributed by atoms with Gasteiger partial charge >= 0.3 is 0 Å². The summed E-state index contributed by atoms with van der Waals surface area (Å²) in [5.41, 5.74) is 8.25. The fourth-order valence-electron chi connectivity index (χ4n) is 3.11. The quantitative estimate of drug-likeness (QED) is 0.743. The van der Waals surface area contributed by atoms with Gasteiger partial charge in [-0.3, -0.25) is 9.59 Å². The molecule has 3 N–H and O–H groups in total. The fourth-order valence-corrected chi connectivity index (χ4v) is 3.71. The van der Waals surface area contributed by atoms with E-state index in [1.54, 1.807) is 4.90 Å². The molecule has 0 radical (unpaired) electrons. The van der Waals surface area contributed by atoms with Crippen molar-refractivity contribution in [1.82, 2.24) is 15.2 Å². The molecule has 0 saturated carbocycles. The van der Waals surface area contributed by atoms with E-state index >= 15 is 0 Å². The molecule has 0 spiro atoms. The van der Waals surface area contributed by atoms with E-state index in [1.165, 1.54) is 11.3 Å². The number of nitrogens with two attached hydrogens (primary N) is 1. The maximum absolute atomic E-state index is 12.5. The molecule has 1 unspecified atom stereocenters. The smallest absolute Gasteiger partial charge is 0.255 e. The Bertz CT molecular complexity index is 774. The average molecular weight is 358 g/mol. The molecular weight excluding hydrogens is 336 g/mol. The number of aryl methyl sites for hydroxylation is 1. The Morgan fingerprint density at radius 2 is 2.24 bits per heavy atom. The molecular formula is C18H22N4O2S. The first-order chi connectivity index (χ1) is 12.1. The van der Waals surface area contributed by atoms with Crippen LogP contribution in [-0.2, 0) is 17.8 Å². The first kappa shape index (κ1) is 17.4. The van der Waals surface area contributed by atoms with Gasteiger partial charge in [0, 0.05) is 24.0 Å². The summed E-state index contributed by atoms with van der Waals surface area (Å²) < 4.78 is 0. The number of benzene rings is 1. The Balaban J connectivity index is 1.53. The predicted molar refractivity (Wildman–Crippen MR) is 98.3 cm³/mol. The molecule has 6 nitrogen and oxygen atoms in total. The van der Waals surface area contributed by atoms with Crippen LogP contribution in [0.4, 0.5) is 5.13 Å². The number of aromatic nitrogens is 1. The number of fused-ring (bicyclic) bond motifs is 1. The van der Waals surface area contributed by atoms with Crippen molar-refractivity contribution in [2.45, 2.75) is 38.8 Å². The zero-order valence-electron chi connectivity index (χ0n) is 14.2. The highest BCUT2D eigenvalue weighted by Gasteiger charge is 2.34. The molecule has 7 heteroatoms. The van der Waals surface area contributed by atoms with Gasteiger partial charge in [0.25, 0.3) is 5.91 Å². The van der Waals surface area contributed by atoms with E-state index in [9.17, 15) is 9.59 Å². The van der Waals surface area contributed by atoms with Crippen LogP contribution >= 0.6 is 11.3 Å². The number of carbonyl (C=O) groups excluding carboxylic acids is 2. The summed E-state index contributed by atoms with van der Waals surface area (Å²) in [4.78, 5) is 31.0. The maximum Gasteiger partial charge on any atom is 0.255 e. The SMILES string of the molecule is CCC(C(=O)NCCCc1csc(N)n1)N1Cc2ccccc2C1=O. The Hall–Kier alpha value is -2.41. The molecule has 25 heavy (non-hydrogen) atoms. The Labute approximate surface area is 151 Å². The van der Waals surface area contributed by atoms with Gasteiger partial charge in [0.15, 0.2) is 5.13 Å². The lowest BCUT2D eigenvalue weighted by atomic mass is 10.1. The highest BCUT2D eigenvalue weighted by molar-refractivity contribution is 7.13. The number of rotatable bonds is 7. The van der Waals surface area contributed by atoms with Crippen LogP contribution < -0.4 is 11.1 Å². The van der Waals surface area contributed by atoms with Crippen LogP contribution in [0.2, 0.25) is 0 Å². The first-order valence-corrected chi connectivity index (χ1v) is 9.34. The Morgan fingerprint density at radius 3 is 2.92 bits per heavy atom. The van der Waals surface area contributed by atoms with Crippen molar-refractivity contribution in [3.05, 3.63) is 46.5 Å². The first-order valence-electron chi connectivity index (χ1n) is 8.46. The van der Waals surface area contributed by atoms with Crippen molar-refractivity contribution >= 4 is 28.3 Å². The van der Waals surface area contributed by atoms with Crippen LogP contribution in [0, 0.1) is 0 Å². The number of hydrogen-bond acceptors (Lipinski definition) is 5. The minimum Gasteiger partial charge on any atom is -0.375 e. The van der Waals surface area contributed by atoms with E-state index in [0.29, 0.717) is 30.2 Å². The normalized spacial score (nSPS) is 14.4. The van der Waals surface area contributed by atoms with Crippen molar-refractivity contribution in [3.8, 4) is 0 Å². The van der Waals surface area contributed by atoms with Gasteiger partial charge in [0.05, 0.1) is 5.69 Å². The number of carbonyl (C=O) groups is 2. The molecule has 1 aliphatic rings. The monoisotopic (exact) mass is 358 g/mol. The van der Waals surface area contributed by atoms with Crippen molar-refractivity contribution in [3.63, 3.8) is 0 Å². The lowest BCUT2D eigenvalue weighted by Gasteiger charge is -2.25. The number of hydrogen-bond donors (Lipinski definition) is 2. The number of thiazole rings is 1. The van der Waals surface area contributed by atoms with Gasteiger partial charge in [-0.05, 0) is 30.9 Å². The number of anilines is 1. The highest BCUT2D eigenvalue weighted by Crippen LogP contribution is 2.25. The van der Waals surface area contributed by atoms with E-state index in [2.05, 4.69) is 10.3 Å². The van der Waals surface area contributed by atoms with Crippen LogP contribution in [0.3, 0.4) is 0 Å². The molecule has 0 fully saturated rings. The highest BCUT2D eigenvalue weighted by atomic mass is 32.1. The zero-order chi connectivity index (χ0) is 17.8. The van der Waals surface area contributed by atoms with Crippen LogP contribution in [0.25, 0.3) is 0 Å². The average Bonchev–Trinajstić information content (AvgIpc) is 3.17. The van der Waals surface area contributed by atoms with Gasteiger partial charge in [0.1, 0.15) is 6.04 Å². The summed E-state index contributed by atoms with van der Waals surface area (Å²) in [5, 5.41) is 5.45. The molecule has 3 rings (SSSR count). The number of nitrogens with zero attached hydrogens (tertiary/aromatic N) is 2. The molecule has 1 aromatic carbocycles. The molecule has 2 amide bonds. The molecule has 2 aromatic rings. The molecule has 0 saturated heterocycles. The van der Waals surface area contributed by atoms with Crippen molar-refractivity contribution < 1.29 is 9.59 Å². The molecule has 132 valence electrons. The summed E-state index contributed by atoms with van der Waals surface area (Å²) in [6, 6.07) is 7.10. The second-order valence-corrected chi connectivity index (χ2v) is 6.98. The Morgan fingerprint density at radius 1 is 1.44 bits per heavy atom. The third-order valence-corrected chi connectivity index (χ3v) is 5.12. The second kappa shape index (κ2) is 7.65. The zero-order valence-corrected chi connectivity index (χ0v) is 15.0. The maximum atomic E-state index is 12.5. The third-order valence-electron chi connectivity index (χ3n) is 4.39. The predicted octanol–water partition coefficient (Wildman–Crippen LogP) is 2.21. The van der Waals surface area contributed by atoms with Gasteiger partial charge in [-0.25, -0.2) is 4.98 Å².